The van der Waals surface area contributed by atoms with Crippen molar-refractivity contribution < 1.29 is 9.53 Å². The molecular formula is C25H19NO2. The van der Waals surface area contributed by atoms with Crippen molar-refractivity contribution in [3.8, 4) is 11.5 Å². The first-order chi connectivity index (χ1) is 13.8. The summed E-state index contributed by atoms with van der Waals surface area (Å²) >= 11 is 0. The third kappa shape index (κ3) is 4.27. The third-order valence-electron chi connectivity index (χ3n) is 4.31. The van der Waals surface area contributed by atoms with E-state index in [0.717, 1.165) is 33.5 Å². The van der Waals surface area contributed by atoms with Gasteiger partial charge >= 0.3 is 0 Å². The molecule has 136 valence electrons. The van der Waals surface area contributed by atoms with E-state index in [1.54, 1.807) is 6.08 Å². The molecule has 4 aromatic rings. The summed E-state index contributed by atoms with van der Waals surface area (Å²) in [5.74, 6) is 1.32. The van der Waals surface area contributed by atoms with Crippen LogP contribution in [0.25, 0.3) is 16.8 Å². The fourth-order valence-corrected chi connectivity index (χ4v) is 2.99. The number of anilines is 1. The van der Waals surface area contributed by atoms with E-state index >= 15 is 0 Å². The maximum absolute atomic E-state index is 12.4. The summed E-state index contributed by atoms with van der Waals surface area (Å²) in [7, 11) is 0. The van der Waals surface area contributed by atoms with Crippen molar-refractivity contribution in [2.45, 2.75) is 0 Å². The second kappa shape index (κ2) is 8.23. The van der Waals surface area contributed by atoms with Crippen molar-refractivity contribution >= 4 is 28.4 Å². The van der Waals surface area contributed by atoms with E-state index in [-0.39, 0.29) is 5.91 Å². The van der Waals surface area contributed by atoms with Gasteiger partial charge in [-0.2, -0.15) is 0 Å². The van der Waals surface area contributed by atoms with E-state index < -0.39 is 0 Å². The Labute approximate surface area is 163 Å². The van der Waals surface area contributed by atoms with Crippen LogP contribution >= 0.6 is 0 Å². The molecule has 0 bridgehead atoms. The van der Waals surface area contributed by atoms with Gasteiger partial charge in [0.2, 0.25) is 5.91 Å². The first-order valence-electron chi connectivity index (χ1n) is 9.08. The Morgan fingerprint density at radius 3 is 2.36 bits per heavy atom. The number of amides is 1. The van der Waals surface area contributed by atoms with Crippen molar-refractivity contribution in [3.63, 3.8) is 0 Å². The lowest BCUT2D eigenvalue weighted by Gasteiger charge is -2.07. The average molecular weight is 365 g/mol. The monoisotopic (exact) mass is 365 g/mol. The van der Waals surface area contributed by atoms with Crippen LogP contribution in [0.15, 0.2) is 103 Å². The van der Waals surface area contributed by atoms with E-state index in [1.807, 2.05) is 97.1 Å². The molecule has 0 aliphatic heterocycles. The zero-order valence-electron chi connectivity index (χ0n) is 15.2. The predicted octanol–water partition coefficient (Wildman–Crippen LogP) is 6.28. The number of carbonyl (C=O) groups is 1. The van der Waals surface area contributed by atoms with Crippen LogP contribution in [0.1, 0.15) is 5.56 Å². The summed E-state index contributed by atoms with van der Waals surface area (Å²) in [6.45, 7) is 0. The minimum atomic E-state index is -0.175. The summed E-state index contributed by atoms with van der Waals surface area (Å²) < 4.78 is 5.84. The molecule has 0 aromatic heterocycles. The van der Waals surface area contributed by atoms with Crippen molar-refractivity contribution in [2.24, 2.45) is 0 Å². The minimum Gasteiger partial charge on any atom is -0.457 e. The zero-order valence-corrected chi connectivity index (χ0v) is 15.2. The van der Waals surface area contributed by atoms with Gasteiger partial charge < -0.3 is 10.1 Å². The Balaban J connectivity index is 1.46. The van der Waals surface area contributed by atoms with Crippen molar-refractivity contribution in [2.75, 3.05) is 5.32 Å². The highest BCUT2D eigenvalue weighted by atomic mass is 16.5. The molecule has 0 aliphatic rings. The maximum Gasteiger partial charge on any atom is 0.248 e. The maximum atomic E-state index is 12.4. The Hall–Kier alpha value is -3.85. The standard InChI is InChI=1S/C25H19NO2/c27-25(26-24-15-7-10-20-9-4-5-14-23(20)24)17-16-19-8-6-13-22(18-19)28-21-11-2-1-3-12-21/h1-18H,(H,26,27). The van der Waals surface area contributed by atoms with Gasteiger partial charge in [-0.05, 0) is 47.4 Å². The molecule has 1 amide bonds. The van der Waals surface area contributed by atoms with Crippen molar-refractivity contribution in [1.82, 2.24) is 0 Å². The largest absolute Gasteiger partial charge is 0.457 e. The Morgan fingerprint density at radius 1 is 0.750 bits per heavy atom. The van der Waals surface area contributed by atoms with Gasteiger partial charge in [0.1, 0.15) is 11.5 Å². The van der Waals surface area contributed by atoms with Gasteiger partial charge in [-0.15, -0.1) is 0 Å². The van der Waals surface area contributed by atoms with Crippen LogP contribution in [0.3, 0.4) is 0 Å². The fourth-order valence-electron chi connectivity index (χ4n) is 2.99. The fraction of sp³-hybridized carbons (Fsp3) is 0. The Kier molecular flexibility index (Phi) is 5.16. The SMILES string of the molecule is O=C(C=Cc1cccc(Oc2ccccc2)c1)Nc1cccc2ccccc12. The zero-order chi connectivity index (χ0) is 19.2. The molecule has 0 unspecified atom stereocenters. The van der Waals surface area contributed by atoms with Gasteiger partial charge in [0.05, 0.1) is 0 Å². The normalized spacial score (nSPS) is 10.9. The van der Waals surface area contributed by atoms with Gasteiger partial charge in [-0.1, -0.05) is 66.7 Å². The Bertz CT molecular complexity index is 1130. The van der Waals surface area contributed by atoms with E-state index in [0.29, 0.717) is 0 Å². The second-order valence-electron chi connectivity index (χ2n) is 6.34. The number of carbonyl (C=O) groups excluding carboxylic acids is 1. The second-order valence-corrected chi connectivity index (χ2v) is 6.34. The molecule has 0 aliphatic carbocycles. The number of hydrogen-bond donors (Lipinski definition) is 1. The van der Waals surface area contributed by atoms with Gasteiger partial charge in [0, 0.05) is 17.1 Å². The van der Waals surface area contributed by atoms with Crippen LogP contribution in [-0.2, 0) is 4.79 Å². The van der Waals surface area contributed by atoms with E-state index in [2.05, 4.69) is 5.32 Å². The molecule has 0 saturated heterocycles. The highest BCUT2D eigenvalue weighted by Crippen LogP contribution is 2.24. The highest BCUT2D eigenvalue weighted by Gasteiger charge is 2.03. The third-order valence-corrected chi connectivity index (χ3v) is 4.31. The first kappa shape index (κ1) is 17.6. The average Bonchev–Trinajstić information content (AvgIpc) is 2.74. The lowest BCUT2D eigenvalue weighted by molar-refractivity contribution is -0.111. The number of para-hydroxylation sites is 1. The van der Waals surface area contributed by atoms with Crippen molar-refractivity contribution in [1.29, 1.82) is 0 Å². The topological polar surface area (TPSA) is 38.3 Å². The number of hydrogen-bond acceptors (Lipinski definition) is 2. The van der Waals surface area contributed by atoms with Crippen LogP contribution in [0.5, 0.6) is 11.5 Å². The molecule has 0 atom stereocenters. The van der Waals surface area contributed by atoms with E-state index in [9.17, 15) is 4.79 Å². The van der Waals surface area contributed by atoms with Gasteiger partial charge in [0.25, 0.3) is 0 Å². The summed E-state index contributed by atoms with van der Waals surface area (Å²) in [5, 5.41) is 5.06. The molecule has 0 saturated carbocycles. The summed E-state index contributed by atoms with van der Waals surface area (Å²) in [5.41, 5.74) is 1.69. The number of ether oxygens (including phenoxy) is 1. The minimum absolute atomic E-state index is 0.175. The van der Waals surface area contributed by atoms with Crippen LogP contribution in [-0.4, -0.2) is 5.91 Å². The summed E-state index contributed by atoms with van der Waals surface area (Å²) in [4.78, 5) is 12.4. The van der Waals surface area contributed by atoms with Gasteiger partial charge in [-0.3, -0.25) is 4.79 Å². The molecular weight excluding hydrogens is 346 g/mol. The lowest BCUT2D eigenvalue weighted by Crippen LogP contribution is -2.07. The molecule has 1 N–H and O–H groups in total. The quantitative estimate of drug-likeness (QED) is 0.422. The van der Waals surface area contributed by atoms with Gasteiger partial charge in [0.15, 0.2) is 0 Å². The highest BCUT2D eigenvalue weighted by molar-refractivity contribution is 6.07. The molecule has 0 radical (unpaired) electrons. The number of nitrogens with one attached hydrogen (secondary N) is 1. The van der Waals surface area contributed by atoms with Gasteiger partial charge in [-0.25, -0.2) is 0 Å². The molecule has 3 nitrogen and oxygen atoms in total. The van der Waals surface area contributed by atoms with Crippen LogP contribution in [0, 0.1) is 0 Å². The number of rotatable bonds is 5. The molecule has 0 fully saturated rings. The smallest absolute Gasteiger partial charge is 0.248 e. The molecule has 0 heterocycles. The lowest BCUT2D eigenvalue weighted by atomic mass is 10.1. The molecule has 28 heavy (non-hydrogen) atoms. The van der Waals surface area contributed by atoms with Crippen LogP contribution in [0.2, 0.25) is 0 Å². The molecule has 3 heteroatoms. The van der Waals surface area contributed by atoms with Crippen LogP contribution < -0.4 is 10.1 Å². The Morgan fingerprint density at radius 2 is 1.46 bits per heavy atom. The van der Waals surface area contributed by atoms with Crippen molar-refractivity contribution in [3.05, 3.63) is 109 Å². The molecule has 0 spiro atoms. The summed E-state index contributed by atoms with van der Waals surface area (Å²) in [6.07, 6.45) is 3.31. The molecule has 4 rings (SSSR count). The van der Waals surface area contributed by atoms with Crippen LogP contribution in [0.4, 0.5) is 5.69 Å². The molecule has 4 aromatic carbocycles. The summed E-state index contributed by atoms with van der Waals surface area (Å²) in [6, 6.07) is 31.1. The number of benzene rings is 4. The first-order valence-corrected chi connectivity index (χ1v) is 9.08. The van der Waals surface area contributed by atoms with E-state index in [1.165, 1.54) is 6.08 Å². The van der Waals surface area contributed by atoms with E-state index in [4.69, 9.17) is 4.74 Å². The predicted molar refractivity (Wildman–Crippen MR) is 115 cm³/mol. The number of fused-ring (bicyclic) bond motifs is 1.